The van der Waals surface area contributed by atoms with Gasteiger partial charge in [-0.3, -0.25) is 4.68 Å². The number of rotatable bonds is 4. The molecule has 0 bridgehead atoms. The Kier molecular flexibility index (Phi) is 4.28. The second kappa shape index (κ2) is 6.33. The van der Waals surface area contributed by atoms with E-state index in [4.69, 9.17) is 0 Å². The summed E-state index contributed by atoms with van der Waals surface area (Å²) in [6.07, 6.45) is 8.04. The van der Waals surface area contributed by atoms with Crippen LogP contribution in [-0.4, -0.2) is 15.8 Å². The first-order valence-corrected chi connectivity index (χ1v) is 8.03. The Morgan fingerprint density at radius 3 is 2.81 bits per heavy atom. The highest BCUT2D eigenvalue weighted by molar-refractivity contribution is 5.40. The van der Waals surface area contributed by atoms with Gasteiger partial charge in [0.1, 0.15) is 0 Å². The summed E-state index contributed by atoms with van der Waals surface area (Å²) < 4.78 is 2.01. The van der Waals surface area contributed by atoms with Crippen LogP contribution < -0.4 is 5.32 Å². The molecular weight excluding hydrogens is 258 g/mol. The van der Waals surface area contributed by atoms with E-state index in [0.717, 1.165) is 24.1 Å². The zero-order valence-electron chi connectivity index (χ0n) is 13.0. The Hall–Kier alpha value is -1.77. The minimum Gasteiger partial charge on any atom is -0.379 e. The Labute approximate surface area is 127 Å². The minimum absolute atomic E-state index is 0.586. The standard InChI is InChI=1S/C18H25N3/c1-14-8-9-15(2)18(10-14)20-17-11-19-21(13-17)12-16-6-4-3-5-7-16/h3-7,11,13-15,18,20H,8-10,12H2,1-2H3. The van der Waals surface area contributed by atoms with Gasteiger partial charge in [-0.1, -0.05) is 50.6 Å². The van der Waals surface area contributed by atoms with Crippen LogP contribution in [0.15, 0.2) is 42.7 Å². The van der Waals surface area contributed by atoms with Crippen molar-refractivity contribution in [3.63, 3.8) is 0 Å². The topological polar surface area (TPSA) is 29.9 Å². The zero-order valence-corrected chi connectivity index (χ0v) is 13.0. The third-order valence-corrected chi connectivity index (χ3v) is 4.63. The average molecular weight is 283 g/mol. The molecule has 0 amide bonds. The smallest absolute Gasteiger partial charge is 0.0728 e. The molecule has 1 aliphatic carbocycles. The second-order valence-electron chi connectivity index (χ2n) is 6.56. The third kappa shape index (κ3) is 3.66. The molecule has 0 spiro atoms. The van der Waals surface area contributed by atoms with Crippen LogP contribution in [0.4, 0.5) is 5.69 Å². The Balaban J connectivity index is 1.62. The first-order chi connectivity index (χ1) is 10.2. The maximum Gasteiger partial charge on any atom is 0.0728 e. The summed E-state index contributed by atoms with van der Waals surface area (Å²) >= 11 is 0. The first-order valence-electron chi connectivity index (χ1n) is 8.03. The van der Waals surface area contributed by atoms with Crippen molar-refractivity contribution in [2.75, 3.05) is 5.32 Å². The molecule has 3 heteroatoms. The summed E-state index contributed by atoms with van der Waals surface area (Å²) in [6.45, 7) is 5.55. The number of nitrogens with one attached hydrogen (secondary N) is 1. The molecule has 3 nitrogen and oxygen atoms in total. The molecule has 1 saturated carbocycles. The van der Waals surface area contributed by atoms with Gasteiger partial charge in [-0.15, -0.1) is 0 Å². The Bertz CT molecular complexity index is 561. The Morgan fingerprint density at radius 2 is 2.00 bits per heavy atom. The van der Waals surface area contributed by atoms with E-state index in [9.17, 15) is 0 Å². The van der Waals surface area contributed by atoms with Gasteiger partial charge in [0.2, 0.25) is 0 Å². The van der Waals surface area contributed by atoms with Crippen LogP contribution in [0.3, 0.4) is 0 Å². The summed E-state index contributed by atoms with van der Waals surface area (Å²) in [5.41, 5.74) is 2.43. The minimum atomic E-state index is 0.586. The van der Waals surface area contributed by atoms with E-state index in [-0.39, 0.29) is 0 Å². The van der Waals surface area contributed by atoms with E-state index in [1.165, 1.54) is 24.8 Å². The van der Waals surface area contributed by atoms with Crippen molar-refractivity contribution in [2.45, 2.75) is 45.7 Å². The predicted molar refractivity (Wildman–Crippen MR) is 87.4 cm³/mol. The van der Waals surface area contributed by atoms with Crippen molar-refractivity contribution in [1.82, 2.24) is 9.78 Å². The van der Waals surface area contributed by atoms with E-state index >= 15 is 0 Å². The lowest BCUT2D eigenvalue weighted by atomic mass is 9.80. The van der Waals surface area contributed by atoms with Gasteiger partial charge in [-0.2, -0.15) is 5.10 Å². The fourth-order valence-corrected chi connectivity index (χ4v) is 3.24. The molecule has 3 rings (SSSR count). The van der Waals surface area contributed by atoms with E-state index < -0.39 is 0 Å². The summed E-state index contributed by atoms with van der Waals surface area (Å²) in [4.78, 5) is 0. The van der Waals surface area contributed by atoms with E-state index in [0.29, 0.717) is 6.04 Å². The molecule has 1 aliphatic rings. The molecule has 1 fully saturated rings. The molecule has 0 aliphatic heterocycles. The lowest BCUT2D eigenvalue weighted by molar-refractivity contribution is 0.280. The highest BCUT2D eigenvalue weighted by atomic mass is 15.3. The normalized spacial score (nSPS) is 25.7. The summed E-state index contributed by atoms with van der Waals surface area (Å²) in [6, 6.07) is 11.1. The van der Waals surface area contributed by atoms with Gasteiger partial charge in [0, 0.05) is 12.2 Å². The van der Waals surface area contributed by atoms with Crippen LogP contribution in [0.5, 0.6) is 0 Å². The molecule has 3 unspecified atom stereocenters. The van der Waals surface area contributed by atoms with Gasteiger partial charge in [0.25, 0.3) is 0 Å². The molecule has 1 aromatic carbocycles. The molecule has 0 saturated heterocycles. The van der Waals surface area contributed by atoms with Crippen molar-refractivity contribution in [1.29, 1.82) is 0 Å². The average Bonchev–Trinajstić information content (AvgIpc) is 2.91. The first kappa shape index (κ1) is 14.2. The van der Waals surface area contributed by atoms with Gasteiger partial charge in [0.05, 0.1) is 18.4 Å². The lowest BCUT2D eigenvalue weighted by Gasteiger charge is -2.33. The quantitative estimate of drug-likeness (QED) is 0.912. The van der Waals surface area contributed by atoms with Crippen LogP contribution in [-0.2, 0) is 6.54 Å². The van der Waals surface area contributed by atoms with Crippen molar-refractivity contribution in [3.05, 3.63) is 48.3 Å². The molecule has 1 aromatic heterocycles. The monoisotopic (exact) mass is 283 g/mol. The van der Waals surface area contributed by atoms with E-state index in [1.54, 1.807) is 0 Å². The maximum atomic E-state index is 4.48. The molecule has 0 radical (unpaired) electrons. The maximum absolute atomic E-state index is 4.48. The molecule has 21 heavy (non-hydrogen) atoms. The van der Waals surface area contributed by atoms with Crippen molar-refractivity contribution in [2.24, 2.45) is 11.8 Å². The van der Waals surface area contributed by atoms with Gasteiger partial charge < -0.3 is 5.32 Å². The van der Waals surface area contributed by atoms with E-state index in [2.05, 4.69) is 54.7 Å². The number of nitrogens with zero attached hydrogens (tertiary/aromatic N) is 2. The molecule has 3 atom stereocenters. The van der Waals surface area contributed by atoms with Crippen molar-refractivity contribution >= 4 is 5.69 Å². The van der Waals surface area contributed by atoms with Gasteiger partial charge in [0.15, 0.2) is 0 Å². The van der Waals surface area contributed by atoms with Gasteiger partial charge >= 0.3 is 0 Å². The molecular formula is C18H25N3. The highest BCUT2D eigenvalue weighted by Gasteiger charge is 2.25. The molecule has 1 heterocycles. The molecule has 112 valence electrons. The fraction of sp³-hybridized carbons (Fsp3) is 0.500. The van der Waals surface area contributed by atoms with Crippen molar-refractivity contribution < 1.29 is 0 Å². The van der Waals surface area contributed by atoms with Crippen LogP contribution in [0.25, 0.3) is 0 Å². The van der Waals surface area contributed by atoms with Gasteiger partial charge in [-0.25, -0.2) is 0 Å². The molecule has 2 aromatic rings. The largest absolute Gasteiger partial charge is 0.379 e. The SMILES string of the molecule is CC1CCC(C)C(Nc2cnn(Cc3ccccc3)c2)C1. The number of hydrogen-bond donors (Lipinski definition) is 1. The van der Waals surface area contributed by atoms with Crippen LogP contribution >= 0.6 is 0 Å². The fourth-order valence-electron chi connectivity index (χ4n) is 3.24. The number of anilines is 1. The zero-order chi connectivity index (χ0) is 14.7. The summed E-state index contributed by atoms with van der Waals surface area (Å²) in [5.74, 6) is 1.58. The summed E-state index contributed by atoms with van der Waals surface area (Å²) in [7, 11) is 0. The van der Waals surface area contributed by atoms with Crippen LogP contribution in [0.2, 0.25) is 0 Å². The highest BCUT2D eigenvalue weighted by Crippen LogP contribution is 2.30. The van der Waals surface area contributed by atoms with Crippen LogP contribution in [0, 0.1) is 11.8 Å². The summed E-state index contributed by atoms with van der Waals surface area (Å²) in [5, 5.41) is 8.16. The van der Waals surface area contributed by atoms with Crippen molar-refractivity contribution in [3.8, 4) is 0 Å². The lowest BCUT2D eigenvalue weighted by Crippen LogP contribution is -2.33. The molecule has 1 N–H and O–H groups in total. The number of benzene rings is 1. The third-order valence-electron chi connectivity index (χ3n) is 4.63. The van der Waals surface area contributed by atoms with Gasteiger partial charge in [-0.05, 0) is 30.2 Å². The number of hydrogen-bond acceptors (Lipinski definition) is 2. The Morgan fingerprint density at radius 1 is 1.19 bits per heavy atom. The van der Waals surface area contributed by atoms with E-state index in [1.807, 2.05) is 16.9 Å². The second-order valence-corrected chi connectivity index (χ2v) is 6.56. The van der Waals surface area contributed by atoms with Crippen LogP contribution in [0.1, 0.15) is 38.7 Å². The predicted octanol–water partition coefficient (Wildman–Crippen LogP) is 4.17. The number of aromatic nitrogens is 2.